The highest BCUT2D eigenvalue weighted by molar-refractivity contribution is 7.11. The van der Waals surface area contributed by atoms with Crippen molar-refractivity contribution in [1.82, 2.24) is 9.88 Å². The van der Waals surface area contributed by atoms with Gasteiger partial charge in [-0.2, -0.15) is 0 Å². The molecule has 0 spiro atoms. The predicted octanol–water partition coefficient (Wildman–Crippen LogP) is 3.18. The van der Waals surface area contributed by atoms with E-state index in [-0.39, 0.29) is 6.61 Å². The monoisotopic (exact) mass is 426 g/mol. The second-order valence-corrected chi connectivity index (χ2v) is 9.08. The van der Waals surface area contributed by atoms with Crippen molar-refractivity contribution in [3.05, 3.63) is 46.3 Å². The van der Waals surface area contributed by atoms with Crippen LogP contribution in [-0.4, -0.2) is 47.8 Å². The van der Waals surface area contributed by atoms with E-state index < -0.39 is 0 Å². The topological polar surface area (TPSA) is 54.8 Å². The molecule has 0 radical (unpaired) electrons. The van der Waals surface area contributed by atoms with Crippen LogP contribution in [0, 0.1) is 11.8 Å². The second kappa shape index (κ2) is 10.2. The fourth-order valence-electron chi connectivity index (χ4n) is 3.44. The van der Waals surface area contributed by atoms with E-state index in [1.165, 1.54) is 17.4 Å². The molecule has 1 saturated carbocycles. The van der Waals surface area contributed by atoms with Gasteiger partial charge in [-0.1, -0.05) is 36.5 Å². The number of aliphatic hydroxyl groups is 1. The van der Waals surface area contributed by atoms with Crippen LogP contribution in [0.1, 0.15) is 26.2 Å². The number of hydrogen-bond acceptors (Lipinski definition) is 6. The van der Waals surface area contributed by atoms with Gasteiger partial charge in [-0.15, -0.1) is 0 Å². The first-order chi connectivity index (χ1) is 14.7. The Balaban J connectivity index is 1.31. The number of aliphatic hydroxyl groups excluding tert-OH is 1. The fourth-order valence-corrected chi connectivity index (χ4v) is 4.31. The molecule has 2 aromatic rings. The van der Waals surface area contributed by atoms with Gasteiger partial charge >= 0.3 is 0 Å². The third-order valence-corrected chi connectivity index (χ3v) is 6.31. The summed E-state index contributed by atoms with van der Waals surface area (Å²) in [5, 5.41) is 10.8. The van der Waals surface area contributed by atoms with E-state index in [1.807, 2.05) is 30.3 Å². The van der Waals surface area contributed by atoms with Crippen LogP contribution in [0.25, 0.3) is 12.2 Å². The first kappa shape index (κ1) is 21.1. The van der Waals surface area contributed by atoms with Crippen LogP contribution in [0.4, 0.5) is 0 Å². The Morgan fingerprint density at radius 1 is 1.17 bits per heavy atom. The van der Waals surface area contributed by atoms with Gasteiger partial charge in [-0.3, -0.25) is 4.90 Å². The van der Waals surface area contributed by atoms with E-state index >= 15 is 0 Å². The molecule has 1 heterocycles. The number of ether oxygens (including phenoxy) is 2. The van der Waals surface area contributed by atoms with Crippen LogP contribution in [0.2, 0.25) is 0 Å². The third-order valence-electron chi connectivity index (χ3n) is 5.36. The number of nitrogens with zero attached hydrogens (tertiary/aromatic N) is 2. The van der Waals surface area contributed by atoms with Crippen molar-refractivity contribution in [2.75, 3.05) is 32.8 Å². The lowest BCUT2D eigenvalue weighted by Gasteiger charge is -2.21. The normalized spacial score (nSPS) is 18.2. The summed E-state index contributed by atoms with van der Waals surface area (Å²) in [5.41, 5.74) is 0. The van der Waals surface area contributed by atoms with E-state index in [1.54, 1.807) is 11.3 Å². The number of fused-ring (bicyclic) bond motifs is 1. The largest absolute Gasteiger partial charge is 0.492 e. The SMILES string of the molecule is CC1C=CC=c2nc(Oc3ccc(OCCN(CCO)CC4CC4)cc3)sc2=CC1. The Bertz CT molecular complexity index is 963. The molecule has 1 aromatic carbocycles. The van der Waals surface area contributed by atoms with E-state index in [0.717, 1.165) is 42.3 Å². The third kappa shape index (κ3) is 6.17. The molecule has 1 fully saturated rings. The number of aromatic nitrogens is 1. The van der Waals surface area contributed by atoms with Crippen molar-refractivity contribution in [2.45, 2.75) is 26.2 Å². The zero-order valence-electron chi connectivity index (χ0n) is 17.5. The molecule has 0 saturated heterocycles. The maximum Gasteiger partial charge on any atom is 0.279 e. The lowest BCUT2D eigenvalue weighted by Crippen LogP contribution is -2.33. The Kier molecular flexibility index (Phi) is 7.20. The van der Waals surface area contributed by atoms with Crippen LogP contribution in [0.5, 0.6) is 16.7 Å². The molecular weight excluding hydrogens is 396 g/mol. The van der Waals surface area contributed by atoms with Crippen LogP contribution in [0.3, 0.4) is 0 Å². The van der Waals surface area contributed by atoms with Crippen molar-refractivity contribution < 1.29 is 14.6 Å². The highest BCUT2D eigenvalue weighted by Crippen LogP contribution is 2.29. The van der Waals surface area contributed by atoms with Gasteiger partial charge in [0.1, 0.15) is 18.1 Å². The summed E-state index contributed by atoms with van der Waals surface area (Å²) in [5.74, 6) is 2.93. The summed E-state index contributed by atoms with van der Waals surface area (Å²) >= 11 is 1.58. The molecule has 1 atom stereocenters. The van der Waals surface area contributed by atoms with E-state index in [4.69, 9.17) is 9.47 Å². The standard InChI is InChI=1S/C24H30N2O3S/c1-18-3-2-4-22-23(12-5-18)30-24(25-22)29-21-10-8-20(9-11-21)28-16-14-26(13-15-27)17-19-6-7-19/h2-4,8-12,18-19,27H,5-7,13-17H2,1H3. The maximum absolute atomic E-state index is 9.22. The van der Waals surface area contributed by atoms with Crippen LogP contribution < -0.4 is 19.4 Å². The van der Waals surface area contributed by atoms with Crippen LogP contribution >= 0.6 is 11.3 Å². The molecular formula is C24H30N2O3S. The minimum absolute atomic E-state index is 0.198. The summed E-state index contributed by atoms with van der Waals surface area (Å²) in [6, 6.07) is 7.69. The van der Waals surface area contributed by atoms with Gasteiger partial charge in [0.05, 0.1) is 16.5 Å². The number of hydrogen-bond donors (Lipinski definition) is 1. The molecule has 1 N–H and O–H groups in total. The summed E-state index contributed by atoms with van der Waals surface area (Å²) in [6.45, 7) is 5.64. The minimum atomic E-state index is 0.198. The smallest absolute Gasteiger partial charge is 0.279 e. The quantitative estimate of drug-likeness (QED) is 0.632. The lowest BCUT2D eigenvalue weighted by molar-refractivity contribution is 0.164. The second-order valence-electron chi connectivity index (χ2n) is 8.09. The number of rotatable bonds is 10. The predicted molar refractivity (Wildman–Crippen MR) is 121 cm³/mol. The maximum atomic E-state index is 9.22. The molecule has 0 aliphatic heterocycles. The van der Waals surface area contributed by atoms with E-state index in [2.05, 4.69) is 35.0 Å². The number of allylic oxidation sites excluding steroid dienone is 2. The average Bonchev–Trinajstić information content (AvgIpc) is 3.47. The summed E-state index contributed by atoms with van der Waals surface area (Å²) in [7, 11) is 0. The highest BCUT2D eigenvalue weighted by Gasteiger charge is 2.23. The first-order valence-corrected chi connectivity index (χ1v) is 11.6. The van der Waals surface area contributed by atoms with Gasteiger partial charge in [-0.25, -0.2) is 4.98 Å². The molecule has 6 heteroatoms. The Labute approximate surface area is 182 Å². The van der Waals surface area contributed by atoms with Crippen molar-refractivity contribution in [3.63, 3.8) is 0 Å². The summed E-state index contributed by atoms with van der Waals surface area (Å²) in [6.07, 6.45) is 12.2. The molecule has 5 nitrogen and oxygen atoms in total. The van der Waals surface area contributed by atoms with Gasteiger partial charge in [-0.05, 0) is 61.4 Å². The molecule has 1 unspecified atom stereocenters. The molecule has 30 heavy (non-hydrogen) atoms. The van der Waals surface area contributed by atoms with Crippen LogP contribution in [0.15, 0.2) is 36.4 Å². The Morgan fingerprint density at radius 3 is 2.73 bits per heavy atom. The molecule has 2 aliphatic rings. The van der Waals surface area contributed by atoms with Gasteiger partial charge in [0.25, 0.3) is 5.19 Å². The van der Waals surface area contributed by atoms with Crippen molar-refractivity contribution in [3.8, 4) is 16.7 Å². The van der Waals surface area contributed by atoms with Crippen molar-refractivity contribution in [1.29, 1.82) is 0 Å². The van der Waals surface area contributed by atoms with Gasteiger partial charge < -0.3 is 14.6 Å². The molecule has 160 valence electrons. The molecule has 1 aromatic heterocycles. The molecule has 0 amide bonds. The van der Waals surface area contributed by atoms with Gasteiger partial charge in [0, 0.05) is 19.6 Å². The number of benzene rings is 1. The minimum Gasteiger partial charge on any atom is -0.492 e. The lowest BCUT2D eigenvalue weighted by atomic mass is 10.1. The fraction of sp³-hybridized carbons (Fsp3) is 0.458. The average molecular weight is 427 g/mol. The van der Waals surface area contributed by atoms with E-state index in [0.29, 0.717) is 24.3 Å². The summed E-state index contributed by atoms with van der Waals surface area (Å²) < 4.78 is 13.0. The summed E-state index contributed by atoms with van der Waals surface area (Å²) in [4.78, 5) is 6.90. The van der Waals surface area contributed by atoms with Crippen LogP contribution in [-0.2, 0) is 0 Å². The van der Waals surface area contributed by atoms with Crippen molar-refractivity contribution in [2.24, 2.45) is 11.8 Å². The molecule has 4 rings (SSSR count). The zero-order valence-corrected chi connectivity index (χ0v) is 18.3. The Hall–Kier alpha value is -2.15. The van der Waals surface area contributed by atoms with Crippen molar-refractivity contribution >= 4 is 23.5 Å². The van der Waals surface area contributed by atoms with Gasteiger partial charge in [0.15, 0.2) is 0 Å². The van der Waals surface area contributed by atoms with E-state index in [9.17, 15) is 5.11 Å². The number of thiazole rings is 1. The Morgan fingerprint density at radius 2 is 1.97 bits per heavy atom. The first-order valence-electron chi connectivity index (χ1n) is 10.8. The van der Waals surface area contributed by atoms with Gasteiger partial charge in [0.2, 0.25) is 0 Å². The highest BCUT2D eigenvalue weighted by atomic mass is 32.1. The zero-order chi connectivity index (χ0) is 20.8. The molecule has 0 bridgehead atoms. The molecule has 2 aliphatic carbocycles.